The zero-order chi connectivity index (χ0) is 11.1. The third-order valence-corrected chi connectivity index (χ3v) is 2.15. The Hall–Kier alpha value is -1.11. The number of halogens is 4. The zero-order valence-corrected chi connectivity index (χ0v) is 8.85. The first-order valence-electron chi connectivity index (χ1n) is 4.01. The van der Waals surface area contributed by atoms with Crippen LogP contribution in [0.4, 0.5) is 13.2 Å². The molecule has 0 aliphatic heterocycles. The van der Waals surface area contributed by atoms with Gasteiger partial charge in [0.25, 0.3) is 0 Å². The standard InChI is InChI=1S/C8H5BrF3N3/c9-4-1-5-7(13-3-4)15-6(14-5)2-8(10,11)12/h1,3H,2H2,(H,13,14,15). The molecule has 1 N–H and O–H groups in total. The number of alkyl halides is 3. The Morgan fingerprint density at radius 1 is 1.40 bits per heavy atom. The summed E-state index contributed by atoms with van der Waals surface area (Å²) < 4.78 is 36.9. The summed E-state index contributed by atoms with van der Waals surface area (Å²) in [7, 11) is 0. The van der Waals surface area contributed by atoms with Crippen molar-refractivity contribution in [3.63, 3.8) is 0 Å². The van der Waals surface area contributed by atoms with Crippen LogP contribution in [0.15, 0.2) is 16.7 Å². The topological polar surface area (TPSA) is 41.6 Å². The SMILES string of the molecule is FC(F)(F)Cc1nc2ncc(Br)cc2[nH]1. The van der Waals surface area contributed by atoms with Gasteiger partial charge in [-0.3, -0.25) is 0 Å². The van der Waals surface area contributed by atoms with Gasteiger partial charge in [-0.05, 0) is 22.0 Å². The normalized spacial score (nSPS) is 12.3. The minimum Gasteiger partial charge on any atom is -0.340 e. The van der Waals surface area contributed by atoms with E-state index in [1.807, 2.05) is 0 Å². The monoisotopic (exact) mass is 279 g/mol. The number of imidazole rings is 1. The van der Waals surface area contributed by atoms with Crippen LogP contribution in [0.2, 0.25) is 0 Å². The molecule has 0 amide bonds. The number of rotatable bonds is 1. The fourth-order valence-electron chi connectivity index (χ4n) is 1.20. The molecule has 2 aromatic rings. The first-order valence-corrected chi connectivity index (χ1v) is 4.80. The number of aromatic amines is 1. The Kier molecular flexibility index (Phi) is 2.41. The predicted octanol–water partition coefficient (Wildman–Crippen LogP) is 2.83. The minimum absolute atomic E-state index is 0.122. The van der Waals surface area contributed by atoms with Gasteiger partial charge in [0.05, 0.1) is 5.52 Å². The van der Waals surface area contributed by atoms with E-state index in [9.17, 15) is 13.2 Å². The molecular formula is C8H5BrF3N3. The molecule has 0 radical (unpaired) electrons. The van der Waals surface area contributed by atoms with Gasteiger partial charge in [-0.2, -0.15) is 13.2 Å². The second-order valence-electron chi connectivity index (χ2n) is 3.00. The molecule has 0 saturated heterocycles. The number of H-pyrrole nitrogens is 1. The molecule has 0 spiro atoms. The highest BCUT2D eigenvalue weighted by atomic mass is 79.9. The van der Waals surface area contributed by atoms with E-state index in [1.54, 1.807) is 6.07 Å². The Labute approximate surface area is 90.9 Å². The molecule has 7 heteroatoms. The summed E-state index contributed by atoms with van der Waals surface area (Å²) in [5.74, 6) is -0.122. The van der Waals surface area contributed by atoms with E-state index >= 15 is 0 Å². The van der Waals surface area contributed by atoms with Crippen LogP contribution < -0.4 is 0 Å². The average molecular weight is 280 g/mol. The van der Waals surface area contributed by atoms with Crippen LogP contribution in [0.3, 0.4) is 0 Å². The minimum atomic E-state index is -4.26. The number of aromatic nitrogens is 3. The third kappa shape index (κ3) is 2.47. The molecule has 15 heavy (non-hydrogen) atoms. The molecule has 0 atom stereocenters. The Bertz CT molecular complexity index is 491. The van der Waals surface area contributed by atoms with Crippen molar-refractivity contribution in [3.05, 3.63) is 22.6 Å². The highest BCUT2D eigenvalue weighted by Crippen LogP contribution is 2.21. The molecule has 3 nitrogen and oxygen atoms in total. The van der Waals surface area contributed by atoms with Crippen molar-refractivity contribution in [2.24, 2.45) is 0 Å². The lowest BCUT2D eigenvalue weighted by Gasteiger charge is -2.01. The van der Waals surface area contributed by atoms with Gasteiger partial charge in [0.1, 0.15) is 12.2 Å². The molecule has 0 fully saturated rings. The maximum Gasteiger partial charge on any atom is 0.396 e. The first kappa shape index (κ1) is 10.4. The molecule has 0 aromatic carbocycles. The largest absolute Gasteiger partial charge is 0.396 e. The van der Waals surface area contributed by atoms with E-state index in [4.69, 9.17) is 0 Å². The highest BCUT2D eigenvalue weighted by Gasteiger charge is 2.29. The van der Waals surface area contributed by atoms with Crippen LogP contribution in [-0.2, 0) is 6.42 Å². The lowest BCUT2D eigenvalue weighted by atomic mass is 10.4. The number of fused-ring (bicyclic) bond motifs is 1. The summed E-state index contributed by atoms with van der Waals surface area (Å²) in [5.41, 5.74) is 0.779. The molecule has 0 aliphatic rings. The van der Waals surface area contributed by atoms with Crippen LogP contribution in [0.1, 0.15) is 5.82 Å². The smallest absolute Gasteiger partial charge is 0.340 e. The lowest BCUT2D eigenvalue weighted by Crippen LogP contribution is -2.12. The van der Waals surface area contributed by atoms with Gasteiger partial charge in [0, 0.05) is 10.7 Å². The van der Waals surface area contributed by atoms with Gasteiger partial charge < -0.3 is 4.98 Å². The molecule has 0 bridgehead atoms. The number of nitrogens with one attached hydrogen (secondary N) is 1. The van der Waals surface area contributed by atoms with Crippen molar-refractivity contribution in [2.45, 2.75) is 12.6 Å². The summed E-state index contributed by atoms with van der Waals surface area (Å²) in [6.45, 7) is 0. The van der Waals surface area contributed by atoms with Crippen molar-refractivity contribution in [1.29, 1.82) is 0 Å². The molecular weight excluding hydrogens is 275 g/mol. The molecule has 0 aliphatic carbocycles. The summed E-state index contributed by atoms with van der Waals surface area (Å²) in [6.07, 6.45) is -3.84. The van der Waals surface area contributed by atoms with Crippen LogP contribution >= 0.6 is 15.9 Å². The maximum absolute atomic E-state index is 12.1. The summed E-state index contributed by atoms with van der Waals surface area (Å²) in [5, 5.41) is 0. The lowest BCUT2D eigenvalue weighted by molar-refractivity contribution is -0.128. The number of hydrogen-bond donors (Lipinski definition) is 1. The van der Waals surface area contributed by atoms with Crippen molar-refractivity contribution < 1.29 is 13.2 Å². The van der Waals surface area contributed by atoms with Gasteiger partial charge >= 0.3 is 6.18 Å². The maximum atomic E-state index is 12.1. The molecule has 2 aromatic heterocycles. The van der Waals surface area contributed by atoms with Gasteiger partial charge in [-0.15, -0.1) is 0 Å². The molecule has 80 valence electrons. The van der Waals surface area contributed by atoms with Crippen molar-refractivity contribution in [1.82, 2.24) is 15.0 Å². The summed E-state index contributed by atoms with van der Waals surface area (Å²) in [6, 6.07) is 1.63. The van der Waals surface area contributed by atoms with E-state index in [0.29, 0.717) is 9.99 Å². The Morgan fingerprint density at radius 3 is 2.80 bits per heavy atom. The van der Waals surface area contributed by atoms with E-state index in [2.05, 4.69) is 30.9 Å². The van der Waals surface area contributed by atoms with Gasteiger partial charge in [-0.25, -0.2) is 9.97 Å². The molecule has 0 saturated carbocycles. The van der Waals surface area contributed by atoms with Crippen LogP contribution in [0, 0.1) is 0 Å². The van der Waals surface area contributed by atoms with Crippen LogP contribution in [0.25, 0.3) is 11.2 Å². The second-order valence-corrected chi connectivity index (χ2v) is 3.92. The van der Waals surface area contributed by atoms with Crippen LogP contribution in [0.5, 0.6) is 0 Å². The fourth-order valence-corrected chi connectivity index (χ4v) is 1.53. The third-order valence-electron chi connectivity index (χ3n) is 1.72. The average Bonchev–Trinajstić information content (AvgIpc) is 2.42. The molecule has 2 rings (SSSR count). The predicted molar refractivity (Wildman–Crippen MR) is 51.3 cm³/mol. The van der Waals surface area contributed by atoms with Crippen molar-refractivity contribution in [2.75, 3.05) is 0 Å². The second kappa shape index (κ2) is 3.48. The number of nitrogens with zero attached hydrogens (tertiary/aromatic N) is 2. The van der Waals surface area contributed by atoms with E-state index in [1.165, 1.54) is 6.20 Å². The van der Waals surface area contributed by atoms with Crippen molar-refractivity contribution in [3.8, 4) is 0 Å². The Balaban J connectivity index is 2.39. The van der Waals surface area contributed by atoms with Crippen LogP contribution in [-0.4, -0.2) is 21.1 Å². The quantitative estimate of drug-likeness (QED) is 0.872. The van der Waals surface area contributed by atoms with Gasteiger partial charge in [0.2, 0.25) is 0 Å². The zero-order valence-electron chi connectivity index (χ0n) is 7.27. The first-order chi connectivity index (χ1) is 6.94. The van der Waals surface area contributed by atoms with Gasteiger partial charge in [0.15, 0.2) is 5.65 Å². The fraction of sp³-hybridized carbons (Fsp3) is 0.250. The molecule has 2 heterocycles. The van der Waals surface area contributed by atoms with E-state index in [-0.39, 0.29) is 11.5 Å². The Morgan fingerprint density at radius 2 is 2.13 bits per heavy atom. The van der Waals surface area contributed by atoms with E-state index < -0.39 is 12.6 Å². The van der Waals surface area contributed by atoms with Gasteiger partial charge in [-0.1, -0.05) is 0 Å². The highest BCUT2D eigenvalue weighted by molar-refractivity contribution is 9.10. The number of hydrogen-bond acceptors (Lipinski definition) is 2. The number of pyridine rings is 1. The summed E-state index contributed by atoms with van der Waals surface area (Å²) >= 11 is 3.17. The molecule has 0 unspecified atom stereocenters. The summed E-state index contributed by atoms with van der Waals surface area (Å²) in [4.78, 5) is 10.2. The van der Waals surface area contributed by atoms with E-state index in [0.717, 1.165) is 0 Å². The van der Waals surface area contributed by atoms with Crippen molar-refractivity contribution >= 4 is 27.1 Å².